The Kier molecular flexibility index (Phi) is 7.64. The molecule has 12 heteroatoms. The summed E-state index contributed by atoms with van der Waals surface area (Å²) in [5, 5.41) is 20.2. The maximum atomic E-state index is 14.1. The van der Waals surface area contributed by atoms with E-state index in [0.717, 1.165) is 26.5 Å². The highest BCUT2D eigenvalue weighted by atomic mass is 32.2. The Morgan fingerprint density at radius 2 is 1.76 bits per heavy atom. The number of benzene rings is 3. The number of carboxylic acids is 1. The lowest BCUT2D eigenvalue weighted by Crippen LogP contribution is -2.42. The summed E-state index contributed by atoms with van der Waals surface area (Å²) in [5.74, 6) is -2.02. The number of nitrogens with one attached hydrogen (secondary N) is 2. The van der Waals surface area contributed by atoms with E-state index in [2.05, 4.69) is 10.3 Å². The van der Waals surface area contributed by atoms with Crippen molar-refractivity contribution in [2.24, 2.45) is 12.8 Å². The van der Waals surface area contributed by atoms with Gasteiger partial charge in [0.1, 0.15) is 23.8 Å². The average molecular weight is 585 g/mol. The Hall–Kier alpha value is -5.23. The van der Waals surface area contributed by atoms with Crippen LogP contribution in [0.2, 0.25) is 0 Å². The van der Waals surface area contributed by atoms with Crippen LogP contribution in [0.4, 0.5) is 5.69 Å². The first-order valence-corrected chi connectivity index (χ1v) is 14.4. The van der Waals surface area contributed by atoms with Crippen molar-refractivity contribution in [3.05, 3.63) is 102 Å². The Morgan fingerprint density at radius 1 is 1.02 bits per heavy atom. The lowest BCUT2D eigenvalue weighted by Gasteiger charge is -2.24. The number of hydrogen-bond donors (Lipinski definition) is 4. The lowest BCUT2D eigenvalue weighted by molar-refractivity contribution is -0.137. The number of carboxylic acid groups (broad SMARTS) is 1. The van der Waals surface area contributed by atoms with Crippen LogP contribution in [0, 0.1) is 5.41 Å². The summed E-state index contributed by atoms with van der Waals surface area (Å²) in [6, 6.07) is 22.7. The third-order valence-corrected chi connectivity index (χ3v) is 8.76. The number of para-hydroxylation sites is 1. The second-order valence-electron chi connectivity index (χ2n) is 9.74. The monoisotopic (exact) mass is 584 g/mol. The van der Waals surface area contributed by atoms with Crippen LogP contribution in [0.1, 0.15) is 16.8 Å². The molecule has 11 nitrogen and oxygen atoms in total. The Morgan fingerprint density at radius 3 is 2.48 bits per heavy atom. The summed E-state index contributed by atoms with van der Waals surface area (Å²) >= 11 is 0. The van der Waals surface area contributed by atoms with Crippen molar-refractivity contribution in [2.45, 2.75) is 11.3 Å². The van der Waals surface area contributed by atoms with E-state index in [1.165, 1.54) is 12.3 Å². The molecular weight excluding hydrogens is 556 g/mol. The molecule has 214 valence electrons. The zero-order valence-electron chi connectivity index (χ0n) is 22.6. The maximum absolute atomic E-state index is 14.1. The number of hydrogen-bond acceptors (Lipinski definition) is 6. The second kappa shape index (κ2) is 11.3. The number of carbonyl (C=O) groups excluding carboxylic acids is 1. The number of amidine groups is 1. The summed E-state index contributed by atoms with van der Waals surface area (Å²) in [5.41, 5.74) is 9.52. The highest BCUT2D eigenvalue weighted by molar-refractivity contribution is 7.93. The zero-order chi connectivity index (χ0) is 30.0. The topological polar surface area (TPSA) is 171 Å². The van der Waals surface area contributed by atoms with Crippen LogP contribution in [0.25, 0.3) is 21.8 Å². The fraction of sp³-hybridized carbons (Fsp3) is 0.133. The van der Waals surface area contributed by atoms with Crippen molar-refractivity contribution in [3.63, 3.8) is 0 Å². The number of nitrogens with two attached hydrogens (primary N) is 1. The number of anilines is 1. The van der Waals surface area contributed by atoms with E-state index < -0.39 is 35.0 Å². The number of fused-ring (bicyclic) bond motifs is 2. The van der Waals surface area contributed by atoms with E-state index in [1.807, 2.05) is 29.8 Å². The first-order chi connectivity index (χ1) is 20.0. The molecule has 0 aliphatic heterocycles. The van der Waals surface area contributed by atoms with Crippen molar-refractivity contribution >= 4 is 55.2 Å². The molecule has 0 saturated carbocycles. The third kappa shape index (κ3) is 5.65. The number of aromatic nitrogens is 2. The molecule has 0 radical (unpaired) electrons. The van der Waals surface area contributed by atoms with Gasteiger partial charge in [0, 0.05) is 47.2 Å². The van der Waals surface area contributed by atoms with Gasteiger partial charge in [-0.1, -0.05) is 42.5 Å². The molecule has 0 aliphatic rings. The fourth-order valence-electron chi connectivity index (χ4n) is 4.81. The van der Waals surface area contributed by atoms with Crippen LogP contribution in [0.5, 0.6) is 0 Å². The minimum Gasteiger partial charge on any atom is -0.480 e. The Labute approximate surface area is 241 Å². The summed E-state index contributed by atoms with van der Waals surface area (Å²) in [6.07, 6.45) is 2.08. The van der Waals surface area contributed by atoms with E-state index in [1.54, 1.807) is 54.6 Å². The molecule has 2 heterocycles. The zero-order valence-corrected chi connectivity index (χ0v) is 23.4. The van der Waals surface area contributed by atoms with Crippen molar-refractivity contribution < 1.29 is 23.1 Å². The molecule has 5 N–H and O–H groups in total. The number of nitrogens with zero attached hydrogens (tertiary/aromatic N) is 3. The molecule has 5 rings (SSSR count). The summed E-state index contributed by atoms with van der Waals surface area (Å²) in [4.78, 5) is 28.0. The van der Waals surface area contributed by atoms with Gasteiger partial charge in [-0.15, -0.1) is 0 Å². The third-order valence-electron chi connectivity index (χ3n) is 6.95. The molecule has 0 atom stereocenters. The molecule has 2 aromatic heterocycles. The highest BCUT2D eigenvalue weighted by Crippen LogP contribution is 2.31. The van der Waals surface area contributed by atoms with Gasteiger partial charge in [0.25, 0.3) is 10.0 Å². The fourth-order valence-corrected chi connectivity index (χ4v) is 6.39. The van der Waals surface area contributed by atoms with Crippen LogP contribution in [-0.2, 0) is 33.1 Å². The van der Waals surface area contributed by atoms with Crippen LogP contribution in [-0.4, -0.2) is 53.9 Å². The maximum Gasteiger partial charge on any atom is 0.322 e. The highest BCUT2D eigenvalue weighted by Gasteiger charge is 2.30. The minimum atomic E-state index is -4.32. The van der Waals surface area contributed by atoms with Gasteiger partial charge in [-0.2, -0.15) is 0 Å². The number of nitrogen functional groups attached to an aromatic ring is 1. The number of aryl methyl sites for hydroxylation is 1. The van der Waals surface area contributed by atoms with Crippen LogP contribution < -0.4 is 15.4 Å². The average Bonchev–Trinajstić information content (AvgIpc) is 3.28. The number of amides is 1. The molecule has 0 aliphatic carbocycles. The second-order valence-corrected chi connectivity index (χ2v) is 11.6. The normalized spacial score (nSPS) is 11.5. The quantitative estimate of drug-likeness (QED) is 0.144. The minimum absolute atomic E-state index is 0.00545. The molecule has 0 bridgehead atoms. The number of sulfonamides is 1. The van der Waals surface area contributed by atoms with Crippen molar-refractivity contribution in [1.82, 2.24) is 14.9 Å². The predicted octanol–water partition coefficient (Wildman–Crippen LogP) is 3.00. The van der Waals surface area contributed by atoms with Crippen molar-refractivity contribution in [3.8, 4) is 0 Å². The van der Waals surface area contributed by atoms with Gasteiger partial charge in [0.15, 0.2) is 0 Å². The first kappa shape index (κ1) is 28.3. The van der Waals surface area contributed by atoms with Gasteiger partial charge in [-0.3, -0.25) is 24.3 Å². The molecule has 0 fully saturated rings. The van der Waals surface area contributed by atoms with E-state index in [-0.39, 0.29) is 21.9 Å². The molecule has 0 unspecified atom stereocenters. The van der Waals surface area contributed by atoms with Crippen molar-refractivity contribution in [2.75, 3.05) is 17.4 Å². The molecule has 0 saturated heterocycles. The predicted molar refractivity (Wildman–Crippen MR) is 160 cm³/mol. The standard InChI is InChI=1S/C30H28N6O5S/c1-35-24(14-19-7-9-21(10-8-19)30(31)32)16-22-15-23(11-12-25(22)35)36(18-27(37)34-17-28(38)39)42(40,41)26-6-2-4-20-5-3-13-33-29(20)26/h2-13,15-16H,14,17-18H2,1H3,(H3,31,32)(H,34,37)(H,38,39). The molecular formula is C30H28N6O5S. The Balaban J connectivity index is 1.55. The van der Waals surface area contributed by atoms with Gasteiger partial charge in [0.05, 0.1) is 11.2 Å². The van der Waals surface area contributed by atoms with Gasteiger partial charge in [0.2, 0.25) is 5.91 Å². The van der Waals surface area contributed by atoms with Crippen LogP contribution >= 0.6 is 0 Å². The van der Waals surface area contributed by atoms with Crippen molar-refractivity contribution in [1.29, 1.82) is 5.41 Å². The number of aliphatic carboxylic acids is 1. The number of pyridine rings is 1. The van der Waals surface area contributed by atoms with E-state index in [4.69, 9.17) is 16.2 Å². The first-order valence-electron chi connectivity index (χ1n) is 12.9. The van der Waals surface area contributed by atoms with Gasteiger partial charge < -0.3 is 20.7 Å². The smallest absolute Gasteiger partial charge is 0.322 e. The van der Waals surface area contributed by atoms with E-state index >= 15 is 0 Å². The lowest BCUT2D eigenvalue weighted by atomic mass is 10.1. The van der Waals surface area contributed by atoms with Crippen LogP contribution in [0.3, 0.4) is 0 Å². The Bertz CT molecular complexity index is 1950. The van der Waals surface area contributed by atoms with E-state index in [0.29, 0.717) is 17.4 Å². The molecule has 1 amide bonds. The number of carbonyl (C=O) groups is 2. The van der Waals surface area contributed by atoms with Crippen LogP contribution in [0.15, 0.2) is 90.0 Å². The van der Waals surface area contributed by atoms with E-state index in [9.17, 15) is 18.0 Å². The van der Waals surface area contributed by atoms with Gasteiger partial charge in [-0.25, -0.2) is 8.42 Å². The summed E-state index contributed by atoms with van der Waals surface area (Å²) < 4.78 is 31.2. The molecule has 42 heavy (non-hydrogen) atoms. The SMILES string of the molecule is Cn1c(Cc2ccc(C(=N)N)cc2)cc2cc(N(CC(=O)NCC(=O)O)S(=O)(=O)c3cccc4cccnc34)ccc21. The summed E-state index contributed by atoms with van der Waals surface area (Å²) in [6.45, 7) is -1.27. The largest absolute Gasteiger partial charge is 0.480 e. The molecule has 5 aromatic rings. The van der Waals surface area contributed by atoms with Gasteiger partial charge in [-0.05, 0) is 42.0 Å². The summed E-state index contributed by atoms with van der Waals surface area (Å²) in [7, 11) is -2.40. The number of rotatable bonds is 10. The molecule has 3 aromatic carbocycles. The molecule has 0 spiro atoms. The van der Waals surface area contributed by atoms with Gasteiger partial charge >= 0.3 is 5.97 Å².